The lowest BCUT2D eigenvalue weighted by atomic mass is 9.93. The minimum Gasteiger partial charge on any atom is -0.454 e. The Kier molecular flexibility index (Phi) is 4.60. The molecule has 0 aromatic heterocycles. The lowest BCUT2D eigenvalue weighted by Crippen LogP contribution is -2.68. The number of imide groups is 1. The van der Waals surface area contributed by atoms with Crippen molar-refractivity contribution in [1.82, 2.24) is 15.1 Å². The summed E-state index contributed by atoms with van der Waals surface area (Å²) in [6, 6.07) is 14.7. The Hall–Kier alpha value is -3.06. The van der Waals surface area contributed by atoms with Crippen LogP contribution in [-0.4, -0.2) is 47.2 Å². The van der Waals surface area contributed by atoms with Gasteiger partial charge >= 0.3 is 6.03 Å². The third-order valence-corrected chi connectivity index (χ3v) is 5.81. The van der Waals surface area contributed by atoms with Crippen molar-refractivity contribution in [3.05, 3.63) is 59.7 Å². The van der Waals surface area contributed by atoms with Crippen molar-refractivity contribution in [3.63, 3.8) is 0 Å². The van der Waals surface area contributed by atoms with Crippen molar-refractivity contribution < 1.29 is 19.1 Å². The van der Waals surface area contributed by atoms with Crippen molar-refractivity contribution in [3.8, 4) is 11.5 Å². The number of benzene rings is 2. The summed E-state index contributed by atoms with van der Waals surface area (Å²) in [5, 5.41) is 3.33. The van der Waals surface area contributed by atoms with Gasteiger partial charge in [0.2, 0.25) is 12.7 Å². The topological polar surface area (TPSA) is 71.1 Å². The van der Waals surface area contributed by atoms with Gasteiger partial charge in [-0.3, -0.25) is 9.69 Å². The number of urea groups is 1. The lowest BCUT2D eigenvalue weighted by Gasteiger charge is -2.47. The number of ether oxygens (including phenoxy) is 2. The zero-order valence-electron chi connectivity index (χ0n) is 16.0. The van der Waals surface area contributed by atoms with E-state index in [1.165, 1.54) is 4.90 Å². The molecule has 3 aliphatic rings. The summed E-state index contributed by atoms with van der Waals surface area (Å²) in [6.07, 6.45) is 1.79. The molecular weight excluding hydrogens is 370 g/mol. The maximum Gasteiger partial charge on any atom is 0.327 e. The molecule has 1 N–H and O–H groups in total. The highest BCUT2D eigenvalue weighted by Crippen LogP contribution is 2.34. The second kappa shape index (κ2) is 7.40. The van der Waals surface area contributed by atoms with E-state index in [0.717, 1.165) is 30.5 Å². The van der Waals surface area contributed by atoms with Gasteiger partial charge < -0.3 is 19.7 Å². The number of amides is 3. The van der Waals surface area contributed by atoms with E-state index in [4.69, 9.17) is 9.47 Å². The molecule has 29 heavy (non-hydrogen) atoms. The largest absolute Gasteiger partial charge is 0.454 e. The number of hydrogen-bond acceptors (Lipinski definition) is 5. The first-order valence-electron chi connectivity index (χ1n) is 9.98. The summed E-state index contributed by atoms with van der Waals surface area (Å²) >= 11 is 0. The molecular formula is C22H23N3O4. The Morgan fingerprint density at radius 3 is 2.66 bits per heavy atom. The molecule has 7 heteroatoms. The van der Waals surface area contributed by atoms with Crippen LogP contribution < -0.4 is 14.8 Å². The second-order valence-corrected chi connectivity index (χ2v) is 7.65. The molecule has 2 saturated heterocycles. The van der Waals surface area contributed by atoms with Gasteiger partial charge in [-0.05, 0) is 42.6 Å². The van der Waals surface area contributed by atoms with Gasteiger partial charge in [-0.25, -0.2) is 4.79 Å². The lowest BCUT2D eigenvalue weighted by molar-refractivity contribution is -0.137. The Morgan fingerprint density at radius 2 is 1.79 bits per heavy atom. The molecule has 3 aliphatic heterocycles. The molecule has 5 rings (SSSR count). The first kappa shape index (κ1) is 18.0. The van der Waals surface area contributed by atoms with Crippen LogP contribution in [0.1, 0.15) is 24.0 Å². The van der Waals surface area contributed by atoms with Gasteiger partial charge in [0.25, 0.3) is 0 Å². The number of rotatable bonds is 4. The molecule has 0 radical (unpaired) electrons. The quantitative estimate of drug-likeness (QED) is 0.864. The minimum atomic E-state index is -0.362. The monoisotopic (exact) mass is 393 g/mol. The third-order valence-electron chi connectivity index (χ3n) is 5.81. The number of fused-ring (bicyclic) bond motifs is 2. The van der Waals surface area contributed by atoms with Crippen LogP contribution in [0.3, 0.4) is 0 Å². The molecule has 0 aliphatic carbocycles. The molecule has 3 amide bonds. The fourth-order valence-electron chi connectivity index (χ4n) is 4.35. The van der Waals surface area contributed by atoms with E-state index in [1.807, 2.05) is 53.4 Å². The minimum absolute atomic E-state index is 0.114. The fraction of sp³-hybridized carbons (Fsp3) is 0.364. The van der Waals surface area contributed by atoms with E-state index in [1.54, 1.807) is 0 Å². The van der Waals surface area contributed by atoms with Gasteiger partial charge in [-0.1, -0.05) is 36.4 Å². The molecule has 7 nitrogen and oxygen atoms in total. The molecule has 2 unspecified atom stereocenters. The predicted octanol–water partition coefficient (Wildman–Crippen LogP) is 2.50. The smallest absolute Gasteiger partial charge is 0.327 e. The number of nitrogens with one attached hydrogen (secondary N) is 1. The van der Waals surface area contributed by atoms with Crippen LogP contribution in [0.15, 0.2) is 48.5 Å². The van der Waals surface area contributed by atoms with Crippen molar-refractivity contribution in [2.75, 3.05) is 13.3 Å². The summed E-state index contributed by atoms with van der Waals surface area (Å²) in [5.74, 6) is 1.18. The van der Waals surface area contributed by atoms with Gasteiger partial charge in [-0.15, -0.1) is 0 Å². The van der Waals surface area contributed by atoms with Crippen LogP contribution in [-0.2, 0) is 17.9 Å². The van der Waals surface area contributed by atoms with Gasteiger partial charge in [-0.2, -0.15) is 0 Å². The summed E-state index contributed by atoms with van der Waals surface area (Å²) in [6.45, 7) is 1.69. The Bertz CT molecular complexity index is 933. The first-order chi connectivity index (χ1) is 14.2. The maximum atomic E-state index is 13.4. The van der Waals surface area contributed by atoms with Crippen molar-refractivity contribution in [1.29, 1.82) is 0 Å². The van der Waals surface area contributed by atoms with Gasteiger partial charge in [0.15, 0.2) is 11.5 Å². The average Bonchev–Trinajstić information content (AvgIpc) is 3.23. The summed E-state index contributed by atoms with van der Waals surface area (Å²) in [5.41, 5.74) is 1.90. The predicted molar refractivity (Wildman–Crippen MR) is 105 cm³/mol. The normalized spacial score (nSPS) is 23.3. The Morgan fingerprint density at radius 1 is 0.966 bits per heavy atom. The summed E-state index contributed by atoms with van der Waals surface area (Å²) in [4.78, 5) is 29.8. The van der Waals surface area contributed by atoms with E-state index < -0.39 is 0 Å². The third kappa shape index (κ3) is 3.31. The van der Waals surface area contributed by atoms with E-state index in [0.29, 0.717) is 18.0 Å². The molecule has 0 bridgehead atoms. The number of carbonyl (C=O) groups is 2. The molecule has 2 atom stereocenters. The summed E-state index contributed by atoms with van der Waals surface area (Å²) in [7, 11) is 0. The van der Waals surface area contributed by atoms with E-state index in [9.17, 15) is 9.59 Å². The highest BCUT2D eigenvalue weighted by molar-refractivity contribution is 6.00. The molecule has 0 saturated carbocycles. The SMILES string of the molecule is O=C1C2NCCCC2N(Cc2ccccc2)C(=O)N1Cc1ccc2c(c1)OCO2. The van der Waals surface area contributed by atoms with Crippen LogP contribution in [0.5, 0.6) is 11.5 Å². The second-order valence-electron chi connectivity index (χ2n) is 7.65. The first-order valence-corrected chi connectivity index (χ1v) is 9.98. The van der Waals surface area contributed by atoms with Crippen LogP contribution in [0.4, 0.5) is 4.79 Å². The van der Waals surface area contributed by atoms with Gasteiger partial charge in [0, 0.05) is 6.54 Å². The highest BCUT2D eigenvalue weighted by atomic mass is 16.7. The van der Waals surface area contributed by atoms with E-state index in [-0.39, 0.29) is 37.4 Å². The number of carbonyl (C=O) groups excluding carboxylic acids is 2. The molecule has 150 valence electrons. The van der Waals surface area contributed by atoms with Gasteiger partial charge in [0.05, 0.1) is 12.6 Å². The molecule has 2 fully saturated rings. The van der Waals surface area contributed by atoms with E-state index in [2.05, 4.69) is 5.32 Å². The van der Waals surface area contributed by atoms with Crippen molar-refractivity contribution in [2.45, 2.75) is 38.0 Å². The van der Waals surface area contributed by atoms with Crippen molar-refractivity contribution in [2.24, 2.45) is 0 Å². The van der Waals surface area contributed by atoms with Crippen LogP contribution in [0.2, 0.25) is 0 Å². The molecule has 2 aromatic rings. The fourth-order valence-corrected chi connectivity index (χ4v) is 4.35. The molecule has 2 aromatic carbocycles. The zero-order chi connectivity index (χ0) is 19.8. The average molecular weight is 393 g/mol. The number of nitrogens with zero attached hydrogens (tertiary/aromatic N) is 2. The van der Waals surface area contributed by atoms with Crippen molar-refractivity contribution >= 4 is 11.9 Å². The number of piperidine rings is 1. The van der Waals surface area contributed by atoms with Crippen LogP contribution in [0.25, 0.3) is 0 Å². The van der Waals surface area contributed by atoms with E-state index >= 15 is 0 Å². The molecule has 3 heterocycles. The van der Waals surface area contributed by atoms with Crippen LogP contribution in [0, 0.1) is 0 Å². The molecule has 0 spiro atoms. The standard InChI is InChI=1S/C22H23N3O4/c26-21-20-17(7-4-10-23-20)24(12-15-5-2-1-3-6-15)22(27)25(21)13-16-8-9-18-19(11-16)29-14-28-18/h1-3,5-6,8-9,11,17,20,23H,4,7,10,12-14H2. The Balaban J connectivity index is 1.43. The zero-order valence-corrected chi connectivity index (χ0v) is 16.0. The highest BCUT2D eigenvalue weighted by Gasteiger charge is 2.47. The maximum absolute atomic E-state index is 13.4. The Labute approximate surface area is 169 Å². The number of hydrogen-bond donors (Lipinski definition) is 1. The van der Waals surface area contributed by atoms with Crippen LogP contribution >= 0.6 is 0 Å². The van der Waals surface area contributed by atoms with Gasteiger partial charge in [0.1, 0.15) is 6.04 Å². The summed E-state index contributed by atoms with van der Waals surface area (Å²) < 4.78 is 10.8.